The monoisotopic (exact) mass is 428 g/mol. The van der Waals surface area contributed by atoms with Crippen LogP contribution in [0.25, 0.3) is 0 Å². The first-order valence-corrected chi connectivity index (χ1v) is 11.7. The van der Waals surface area contributed by atoms with Crippen molar-refractivity contribution in [3.8, 4) is 0 Å². The number of hydrogen-bond donors (Lipinski definition) is 0. The summed E-state index contributed by atoms with van der Waals surface area (Å²) in [4.78, 5) is 42.6. The van der Waals surface area contributed by atoms with Gasteiger partial charge >= 0.3 is 0 Å². The van der Waals surface area contributed by atoms with Crippen molar-refractivity contribution in [1.29, 1.82) is 0 Å². The van der Waals surface area contributed by atoms with Crippen molar-refractivity contribution in [2.24, 2.45) is 0 Å². The van der Waals surface area contributed by atoms with E-state index in [1.807, 2.05) is 37.0 Å². The molecule has 3 fully saturated rings. The standard InChI is InChI=1S/C23H36N6O2/c1-26(2)20-14-19(18-13-21(30)27(3)15-18)24-23(25-20)17-7-11-28(12-8-17)16-22(31)29-9-5-4-6-10-29/h14,17-18H,4-13,15-16H2,1-3H3/t18-/m1/s1. The number of aromatic nitrogens is 2. The van der Waals surface area contributed by atoms with Gasteiger partial charge in [0.1, 0.15) is 11.6 Å². The number of amides is 2. The summed E-state index contributed by atoms with van der Waals surface area (Å²) in [7, 11) is 5.85. The van der Waals surface area contributed by atoms with Crippen LogP contribution in [0.3, 0.4) is 0 Å². The van der Waals surface area contributed by atoms with Crippen LogP contribution in [-0.2, 0) is 9.59 Å². The van der Waals surface area contributed by atoms with Gasteiger partial charge in [-0.15, -0.1) is 0 Å². The lowest BCUT2D eigenvalue weighted by Gasteiger charge is -2.34. The van der Waals surface area contributed by atoms with Crippen molar-refractivity contribution >= 4 is 17.6 Å². The van der Waals surface area contributed by atoms with Crippen molar-refractivity contribution in [3.63, 3.8) is 0 Å². The van der Waals surface area contributed by atoms with Gasteiger partial charge in [-0.2, -0.15) is 0 Å². The zero-order valence-electron chi connectivity index (χ0n) is 19.2. The van der Waals surface area contributed by atoms with Gasteiger partial charge in [0, 0.05) is 65.1 Å². The highest BCUT2D eigenvalue weighted by Gasteiger charge is 2.31. The van der Waals surface area contributed by atoms with E-state index >= 15 is 0 Å². The summed E-state index contributed by atoms with van der Waals surface area (Å²) < 4.78 is 0. The topological polar surface area (TPSA) is 72.9 Å². The van der Waals surface area contributed by atoms with Gasteiger partial charge in [0.15, 0.2) is 0 Å². The zero-order valence-corrected chi connectivity index (χ0v) is 19.2. The highest BCUT2D eigenvalue weighted by Crippen LogP contribution is 2.31. The number of hydrogen-bond acceptors (Lipinski definition) is 6. The van der Waals surface area contributed by atoms with Crippen LogP contribution in [-0.4, -0.2) is 96.9 Å². The average Bonchev–Trinajstić information content (AvgIpc) is 3.13. The third kappa shape index (κ3) is 5.17. The zero-order chi connectivity index (χ0) is 22.0. The number of rotatable bonds is 5. The van der Waals surface area contributed by atoms with Gasteiger partial charge in [0.25, 0.3) is 0 Å². The molecule has 0 aliphatic carbocycles. The molecule has 1 atom stereocenters. The Morgan fingerprint density at radius 3 is 2.39 bits per heavy atom. The van der Waals surface area contributed by atoms with Crippen molar-refractivity contribution in [2.45, 2.75) is 50.4 Å². The molecule has 0 bridgehead atoms. The quantitative estimate of drug-likeness (QED) is 0.711. The largest absolute Gasteiger partial charge is 0.363 e. The second-order valence-electron chi connectivity index (χ2n) is 9.57. The third-order valence-electron chi connectivity index (χ3n) is 6.99. The number of nitrogens with zero attached hydrogens (tertiary/aromatic N) is 6. The number of carbonyl (C=O) groups excluding carboxylic acids is 2. The molecule has 0 radical (unpaired) electrons. The van der Waals surface area contributed by atoms with Crippen LogP contribution in [0.1, 0.15) is 61.9 Å². The van der Waals surface area contributed by atoms with Gasteiger partial charge in [-0.05, 0) is 45.2 Å². The minimum Gasteiger partial charge on any atom is -0.363 e. The molecule has 8 nitrogen and oxygen atoms in total. The Balaban J connectivity index is 1.40. The van der Waals surface area contributed by atoms with Crippen LogP contribution in [0.4, 0.5) is 5.82 Å². The fourth-order valence-electron chi connectivity index (χ4n) is 4.94. The Kier molecular flexibility index (Phi) is 6.74. The van der Waals surface area contributed by atoms with Crippen LogP contribution in [0.15, 0.2) is 6.07 Å². The summed E-state index contributed by atoms with van der Waals surface area (Å²) >= 11 is 0. The van der Waals surface area contributed by atoms with Gasteiger partial charge in [0.05, 0.1) is 12.2 Å². The number of carbonyl (C=O) groups is 2. The van der Waals surface area contributed by atoms with Gasteiger partial charge in [-0.1, -0.05) is 0 Å². The smallest absolute Gasteiger partial charge is 0.236 e. The summed E-state index contributed by atoms with van der Waals surface area (Å²) in [6.45, 7) is 4.90. The lowest BCUT2D eigenvalue weighted by atomic mass is 9.95. The molecule has 0 N–H and O–H groups in total. The molecule has 4 heterocycles. The molecule has 3 aliphatic rings. The van der Waals surface area contributed by atoms with Gasteiger partial charge < -0.3 is 14.7 Å². The first-order valence-electron chi connectivity index (χ1n) is 11.7. The van der Waals surface area contributed by atoms with E-state index in [-0.39, 0.29) is 17.7 Å². The maximum Gasteiger partial charge on any atom is 0.236 e. The SMILES string of the molecule is CN1C[C@H](c2cc(N(C)C)nc(C3CCN(CC(=O)N4CCCCC4)CC3)n2)CC1=O. The summed E-state index contributed by atoms with van der Waals surface area (Å²) in [5, 5.41) is 0. The highest BCUT2D eigenvalue weighted by atomic mass is 16.2. The van der Waals surface area contributed by atoms with Crippen molar-refractivity contribution in [1.82, 2.24) is 24.7 Å². The van der Waals surface area contributed by atoms with Crippen LogP contribution in [0, 0.1) is 0 Å². The number of piperidine rings is 2. The highest BCUT2D eigenvalue weighted by molar-refractivity contribution is 5.79. The summed E-state index contributed by atoms with van der Waals surface area (Å²) in [5.41, 5.74) is 0.981. The second kappa shape index (κ2) is 9.51. The Hall–Kier alpha value is -2.22. The van der Waals surface area contributed by atoms with Crippen molar-refractivity contribution < 1.29 is 9.59 Å². The van der Waals surface area contributed by atoms with E-state index in [2.05, 4.69) is 4.90 Å². The molecule has 0 aromatic carbocycles. The Labute approximate surface area is 185 Å². The molecule has 1 aromatic heterocycles. The van der Waals surface area contributed by atoms with E-state index in [4.69, 9.17) is 9.97 Å². The van der Waals surface area contributed by atoms with Crippen molar-refractivity contribution in [3.05, 3.63) is 17.6 Å². The Morgan fingerprint density at radius 2 is 1.77 bits per heavy atom. The summed E-state index contributed by atoms with van der Waals surface area (Å²) in [6, 6.07) is 2.03. The number of likely N-dealkylation sites (N-methyl/N-ethyl adjacent to an activating group) is 1. The van der Waals surface area contributed by atoms with E-state index in [9.17, 15) is 9.59 Å². The van der Waals surface area contributed by atoms with Crippen molar-refractivity contribution in [2.75, 3.05) is 65.3 Å². The van der Waals surface area contributed by atoms with E-state index in [0.717, 1.165) is 75.7 Å². The van der Waals surface area contributed by atoms with Gasteiger partial charge in [0.2, 0.25) is 11.8 Å². The molecule has 8 heteroatoms. The Bertz CT molecular complexity index is 799. The maximum atomic E-state index is 12.6. The van der Waals surface area contributed by atoms with Crippen LogP contribution in [0.2, 0.25) is 0 Å². The normalized spacial score (nSPS) is 23.5. The first-order chi connectivity index (χ1) is 14.9. The fraction of sp³-hybridized carbons (Fsp3) is 0.739. The molecule has 31 heavy (non-hydrogen) atoms. The van der Waals surface area contributed by atoms with E-state index in [1.165, 1.54) is 6.42 Å². The third-order valence-corrected chi connectivity index (χ3v) is 6.99. The van der Waals surface area contributed by atoms with Gasteiger partial charge in [-0.3, -0.25) is 14.5 Å². The average molecular weight is 429 g/mol. The maximum absolute atomic E-state index is 12.6. The molecule has 170 valence electrons. The van der Waals surface area contributed by atoms with Crippen LogP contribution < -0.4 is 4.90 Å². The van der Waals surface area contributed by atoms with Crippen LogP contribution in [0.5, 0.6) is 0 Å². The predicted molar refractivity (Wildman–Crippen MR) is 120 cm³/mol. The molecule has 4 rings (SSSR count). The molecule has 0 spiro atoms. The molecule has 3 saturated heterocycles. The van der Waals surface area contributed by atoms with Gasteiger partial charge in [-0.25, -0.2) is 9.97 Å². The van der Waals surface area contributed by atoms with E-state index < -0.39 is 0 Å². The fourth-order valence-corrected chi connectivity index (χ4v) is 4.94. The Morgan fingerprint density at radius 1 is 1.06 bits per heavy atom. The van der Waals surface area contributed by atoms with Crippen LogP contribution >= 0.6 is 0 Å². The molecule has 1 aromatic rings. The second-order valence-corrected chi connectivity index (χ2v) is 9.57. The lowest BCUT2D eigenvalue weighted by Crippen LogP contribution is -2.45. The van der Waals surface area contributed by atoms with E-state index in [1.54, 1.807) is 4.90 Å². The summed E-state index contributed by atoms with van der Waals surface area (Å²) in [5.74, 6) is 2.70. The first kappa shape index (κ1) is 22.0. The molecule has 0 unspecified atom stereocenters. The van der Waals surface area contributed by atoms with E-state index in [0.29, 0.717) is 18.9 Å². The summed E-state index contributed by atoms with van der Waals surface area (Å²) in [6.07, 6.45) is 5.97. The molecule has 2 amide bonds. The predicted octanol–water partition coefficient (Wildman–Crippen LogP) is 1.68. The number of anilines is 1. The minimum atomic E-state index is 0.139. The minimum absolute atomic E-state index is 0.139. The molecule has 3 aliphatic heterocycles. The molecule has 0 saturated carbocycles. The lowest BCUT2D eigenvalue weighted by molar-refractivity contribution is -0.133. The molecular formula is C23H36N6O2. The molecular weight excluding hydrogens is 392 g/mol. The number of likely N-dealkylation sites (tertiary alicyclic amines) is 3.